The first kappa shape index (κ1) is 13.3. The van der Waals surface area contributed by atoms with Crippen molar-refractivity contribution in [1.82, 2.24) is 0 Å². The van der Waals surface area contributed by atoms with Crippen molar-refractivity contribution in [1.29, 1.82) is 5.26 Å². The molecule has 0 amide bonds. The number of nitrogens with zero attached hydrogens (tertiary/aromatic N) is 1. The number of benzene rings is 1. The highest BCUT2D eigenvalue weighted by molar-refractivity contribution is 5.97. The van der Waals surface area contributed by atoms with Crippen molar-refractivity contribution in [3.63, 3.8) is 0 Å². The first-order valence-corrected chi connectivity index (χ1v) is 6.25. The maximum atomic E-state index is 11.8. The summed E-state index contributed by atoms with van der Waals surface area (Å²) < 4.78 is 10.5. The standard InChI is InChI=1S/C15H15NO3/c16-10-13(9-12-5-2-1-3-6-12)15(17)19-11-14-7-4-8-18-14/h1-3,5-6,9,14H,4,7-8,11H2/b13-9+. The molecule has 2 rings (SSSR count). The van der Waals surface area contributed by atoms with Gasteiger partial charge in [-0.25, -0.2) is 4.79 Å². The van der Waals surface area contributed by atoms with Crippen molar-refractivity contribution in [3.05, 3.63) is 41.5 Å². The Hall–Kier alpha value is -2.12. The minimum Gasteiger partial charge on any atom is -0.459 e. The Morgan fingerprint density at radius 1 is 1.47 bits per heavy atom. The molecule has 0 aromatic heterocycles. The van der Waals surface area contributed by atoms with Crippen LogP contribution in [0.5, 0.6) is 0 Å². The van der Waals surface area contributed by atoms with E-state index in [-0.39, 0.29) is 18.3 Å². The van der Waals surface area contributed by atoms with Crippen molar-refractivity contribution in [2.45, 2.75) is 18.9 Å². The summed E-state index contributed by atoms with van der Waals surface area (Å²) >= 11 is 0. The van der Waals surface area contributed by atoms with E-state index in [0.29, 0.717) is 6.61 Å². The van der Waals surface area contributed by atoms with Crippen molar-refractivity contribution in [2.24, 2.45) is 0 Å². The molecule has 1 unspecified atom stereocenters. The molecule has 1 aromatic carbocycles. The van der Waals surface area contributed by atoms with Crippen LogP contribution in [0.3, 0.4) is 0 Å². The van der Waals surface area contributed by atoms with E-state index in [1.807, 2.05) is 36.4 Å². The summed E-state index contributed by atoms with van der Waals surface area (Å²) in [6.07, 6.45) is 3.39. The number of ether oxygens (including phenoxy) is 2. The molecule has 1 aliphatic rings. The molecule has 1 atom stereocenters. The van der Waals surface area contributed by atoms with Crippen LogP contribution in [0.25, 0.3) is 6.08 Å². The topological polar surface area (TPSA) is 59.3 Å². The van der Waals surface area contributed by atoms with Crippen molar-refractivity contribution in [3.8, 4) is 6.07 Å². The monoisotopic (exact) mass is 257 g/mol. The molecule has 0 saturated carbocycles. The first-order valence-electron chi connectivity index (χ1n) is 6.25. The Morgan fingerprint density at radius 3 is 2.89 bits per heavy atom. The molecule has 4 nitrogen and oxygen atoms in total. The number of hydrogen-bond donors (Lipinski definition) is 0. The summed E-state index contributed by atoms with van der Waals surface area (Å²) in [5.74, 6) is -0.596. The molecule has 0 N–H and O–H groups in total. The van der Waals surface area contributed by atoms with E-state index in [9.17, 15) is 4.79 Å². The molecular formula is C15H15NO3. The minimum absolute atomic E-state index is 0.00389. The lowest BCUT2D eigenvalue weighted by molar-refractivity contribution is -0.141. The summed E-state index contributed by atoms with van der Waals surface area (Å²) in [5, 5.41) is 9.00. The molecule has 1 saturated heterocycles. The van der Waals surface area contributed by atoms with Crippen molar-refractivity contribution in [2.75, 3.05) is 13.2 Å². The molecule has 1 heterocycles. The fraction of sp³-hybridized carbons (Fsp3) is 0.333. The molecular weight excluding hydrogens is 242 g/mol. The smallest absolute Gasteiger partial charge is 0.348 e. The fourth-order valence-corrected chi connectivity index (χ4v) is 1.87. The lowest BCUT2D eigenvalue weighted by atomic mass is 10.1. The maximum absolute atomic E-state index is 11.8. The largest absolute Gasteiger partial charge is 0.459 e. The van der Waals surface area contributed by atoms with E-state index in [1.54, 1.807) is 0 Å². The van der Waals surface area contributed by atoms with E-state index >= 15 is 0 Å². The van der Waals surface area contributed by atoms with Gasteiger partial charge in [-0.3, -0.25) is 0 Å². The van der Waals surface area contributed by atoms with Gasteiger partial charge in [-0.05, 0) is 24.5 Å². The van der Waals surface area contributed by atoms with E-state index < -0.39 is 5.97 Å². The van der Waals surface area contributed by atoms with Gasteiger partial charge in [-0.1, -0.05) is 30.3 Å². The van der Waals surface area contributed by atoms with Gasteiger partial charge in [0.2, 0.25) is 0 Å². The van der Waals surface area contributed by atoms with Crippen molar-refractivity contribution < 1.29 is 14.3 Å². The second-order valence-corrected chi connectivity index (χ2v) is 4.31. The first-order chi connectivity index (χ1) is 9.29. The molecule has 1 aliphatic heterocycles. The summed E-state index contributed by atoms with van der Waals surface area (Å²) in [5.41, 5.74) is 0.803. The van der Waals surface area contributed by atoms with Gasteiger partial charge in [-0.2, -0.15) is 5.26 Å². The van der Waals surface area contributed by atoms with Crippen LogP contribution in [-0.2, 0) is 14.3 Å². The van der Waals surface area contributed by atoms with Crippen LogP contribution in [-0.4, -0.2) is 25.3 Å². The second kappa shape index (κ2) is 6.72. The molecule has 0 bridgehead atoms. The molecule has 0 radical (unpaired) electrons. The van der Waals surface area contributed by atoms with E-state index in [0.717, 1.165) is 18.4 Å². The third kappa shape index (κ3) is 3.94. The van der Waals surface area contributed by atoms with E-state index in [1.165, 1.54) is 6.08 Å². The molecule has 19 heavy (non-hydrogen) atoms. The molecule has 1 fully saturated rings. The zero-order chi connectivity index (χ0) is 13.5. The Balaban J connectivity index is 1.95. The molecule has 98 valence electrons. The van der Waals surface area contributed by atoms with Gasteiger partial charge < -0.3 is 9.47 Å². The quantitative estimate of drug-likeness (QED) is 0.472. The van der Waals surface area contributed by atoms with Gasteiger partial charge in [0.15, 0.2) is 0 Å². The molecule has 4 heteroatoms. The number of carbonyl (C=O) groups excluding carboxylic acids is 1. The normalized spacial score (nSPS) is 18.9. The predicted octanol–water partition coefficient (Wildman–Crippen LogP) is 2.32. The highest BCUT2D eigenvalue weighted by atomic mass is 16.6. The lowest BCUT2D eigenvalue weighted by Gasteiger charge is -2.09. The Bertz CT molecular complexity index is 496. The van der Waals surface area contributed by atoms with Crippen LogP contribution in [0.4, 0.5) is 0 Å². The van der Waals surface area contributed by atoms with Gasteiger partial charge in [-0.15, -0.1) is 0 Å². The number of esters is 1. The zero-order valence-corrected chi connectivity index (χ0v) is 10.5. The van der Waals surface area contributed by atoms with Crippen LogP contribution in [0.15, 0.2) is 35.9 Å². The van der Waals surface area contributed by atoms with Crippen LogP contribution < -0.4 is 0 Å². The Labute approximate surface area is 112 Å². The van der Waals surface area contributed by atoms with E-state index in [2.05, 4.69) is 0 Å². The lowest BCUT2D eigenvalue weighted by Crippen LogP contribution is -2.18. The highest BCUT2D eigenvalue weighted by Crippen LogP contribution is 2.13. The molecule has 1 aromatic rings. The number of rotatable bonds is 4. The van der Waals surface area contributed by atoms with Gasteiger partial charge in [0, 0.05) is 6.61 Å². The average molecular weight is 257 g/mol. The summed E-state index contributed by atoms with van der Waals surface area (Å²) in [7, 11) is 0. The summed E-state index contributed by atoms with van der Waals surface area (Å²) in [4.78, 5) is 11.8. The van der Waals surface area contributed by atoms with Gasteiger partial charge in [0.1, 0.15) is 18.2 Å². The second-order valence-electron chi connectivity index (χ2n) is 4.31. The van der Waals surface area contributed by atoms with Gasteiger partial charge >= 0.3 is 5.97 Å². The third-order valence-electron chi connectivity index (χ3n) is 2.88. The number of carbonyl (C=O) groups is 1. The highest BCUT2D eigenvalue weighted by Gasteiger charge is 2.19. The molecule has 0 spiro atoms. The Morgan fingerprint density at radius 2 is 2.26 bits per heavy atom. The maximum Gasteiger partial charge on any atom is 0.348 e. The number of hydrogen-bond acceptors (Lipinski definition) is 4. The fourth-order valence-electron chi connectivity index (χ4n) is 1.87. The predicted molar refractivity (Wildman–Crippen MR) is 70.0 cm³/mol. The van der Waals surface area contributed by atoms with Crippen LogP contribution in [0.2, 0.25) is 0 Å². The summed E-state index contributed by atoms with van der Waals surface area (Å²) in [6, 6.07) is 11.1. The Kier molecular flexibility index (Phi) is 4.71. The van der Waals surface area contributed by atoms with Gasteiger partial charge in [0.05, 0.1) is 6.10 Å². The van der Waals surface area contributed by atoms with E-state index in [4.69, 9.17) is 14.7 Å². The van der Waals surface area contributed by atoms with Crippen LogP contribution >= 0.6 is 0 Å². The van der Waals surface area contributed by atoms with Crippen LogP contribution in [0.1, 0.15) is 18.4 Å². The molecule has 0 aliphatic carbocycles. The van der Waals surface area contributed by atoms with Crippen LogP contribution in [0, 0.1) is 11.3 Å². The third-order valence-corrected chi connectivity index (χ3v) is 2.88. The number of nitriles is 1. The van der Waals surface area contributed by atoms with Crippen molar-refractivity contribution >= 4 is 12.0 Å². The minimum atomic E-state index is -0.596. The van der Waals surface area contributed by atoms with Gasteiger partial charge in [0.25, 0.3) is 0 Å². The summed E-state index contributed by atoms with van der Waals surface area (Å²) in [6.45, 7) is 0.930. The zero-order valence-electron chi connectivity index (χ0n) is 10.5. The SMILES string of the molecule is N#C/C(=C\c1ccccc1)C(=O)OCC1CCCO1. The average Bonchev–Trinajstić information content (AvgIpc) is 2.96.